The zero-order valence-electron chi connectivity index (χ0n) is 24.2. The van der Waals surface area contributed by atoms with Crippen molar-refractivity contribution in [2.45, 2.75) is 12.8 Å². The van der Waals surface area contributed by atoms with Gasteiger partial charge in [-0.1, -0.05) is 12.1 Å². The summed E-state index contributed by atoms with van der Waals surface area (Å²) in [4.78, 5) is 52.0. The van der Waals surface area contributed by atoms with Crippen LogP contribution < -0.4 is 16.0 Å². The molecule has 220 valence electrons. The van der Waals surface area contributed by atoms with Crippen molar-refractivity contribution >= 4 is 40.8 Å². The molecule has 0 atom stereocenters. The summed E-state index contributed by atoms with van der Waals surface area (Å²) < 4.78 is 13.5. The van der Waals surface area contributed by atoms with Crippen molar-refractivity contribution < 1.29 is 28.3 Å². The van der Waals surface area contributed by atoms with Crippen molar-refractivity contribution in [3.8, 4) is 11.3 Å². The van der Waals surface area contributed by atoms with E-state index in [0.29, 0.717) is 46.2 Å². The molecule has 0 unspecified atom stereocenters. The second-order valence-corrected chi connectivity index (χ2v) is 10.0. The van der Waals surface area contributed by atoms with Gasteiger partial charge in [0.15, 0.2) is 0 Å². The van der Waals surface area contributed by atoms with E-state index in [4.69, 9.17) is 4.42 Å². The van der Waals surface area contributed by atoms with E-state index in [0.717, 1.165) is 13.0 Å². The Morgan fingerprint density at radius 1 is 0.833 bits per heavy atom. The Bertz CT molecular complexity index is 1610. The van der Waals surface area contributed by atoms with E-state index in [1.807, 2.05) is 19.0 Å². The SMILES string of the molecule is COC(=O)c1ccc(-c2cccc(NC(=O)c3cc(NC(=O)c4cc(NC(=O)CCCN(C)C)cn4C)cn3C)c2)o1. The predicted octanol–water partition coefficient (Wildman–Crippen LogP) is 4.20. The molecule has 3 amide bonds. The Kier molecular flexibility index (Phi) is 9.28. The number of nitrogens with one attached hydrogen (secondary N) is 3. The first-order valence-corrected chi connectivity index (χ1v) is 13.2. The van der Waals surface area contributed by atoms with Crippen molar-refractivity contribution in [3.63, 3.8) is 0 Å². The molecule has 3 aromatic heterocycles. The van der Waals surface area contributed by atoms with E-state index in [-0.39, 0.29) is 23.5 Å². The molecular weight excluding hydrogens is 540 g/mol. The topological polar surface area (TPSA) is 140 Å². The molecule has 4 rings (SSSR count). The van der Waals surface area contributed by atoms with Crippen LogP contribution in [0, 0.1) is 0 Å². The van der Waals surface area contributed by atoms with Crippen LogP contribution in [0.25, 0.3) is 11.3 Å². The highest BCUT2D eigenvalue weighted by molar-refractivity contribution is 6.07. The van der Waals surface area contributed by atoms with E-state index in [2.05, 4.69) is 20.7 Å². The van der Waals surface area contributed by atoms with Gasteiger partial charge < -0.3 is 39.1 Å². The zero-order chi connectivity index (χ0) is 30.4. The number of carbonyl (C=O) groups is 4. The molecule has 0 fully saturated rings. The van der Waals surface area contributed by atoms with Gasteiger partial charge in [0.2, 0.25) is 11.7 Å². The molecular formula is C30H34N6O6. The number of benzene rings is 1. The summed E-state index contributed by atoms with van der Waals surface area (Å²) in [6.07, 6.45) is 4.43. The van der Waals surface area contributed by atoms with E-state index in [1.54, 1.807) is 78.1 Å². The number of rotatable bonds is 11. The minimum atomic E-state index is -0.581. The Balaban J connectivity index is 1.39. The van der Waals surface area contributed by atoms with Crippen LogP contribution in [0.2, 0.25) is 0 Å². The van der Waals surface area contributed by atoms with Gasteiger partial charge in [0, 0.05) is 44.2 Å². The van der Waals surface area contributed by atoms with Gasteiger partial charge >= 0.3 is 5.97 Å². The molecule has 1 aromatic carbocycles. The standard InChI is InChI=1S/C30H34N6O6/c1-34(2)13-7-10-27(37)31-21-15-23(35(3)17-21)29(39)33-22-16-24(36(4)18-22)28(38)32-20-9-6-8-19(14-20)25-11-12-26(42-25)30(40)41-5/h6,8-9,11-12,14-18H,7,10,13H2,1-5H3,(H,31,37)(H,32,38)(H,33,39). The van der Waals surface area contributed by atoms with Gasteiger partial charge in [-0.3, -0.25) is 14.4 Å². The second kappa shape index (κ2) is 13.0. The molecule has 12 heteroatoms. The first-order valence-electron chi connectivity index (χ1n) is 13.2. The molecule has 42 heavy (non-hydrogen) atoms. The lowest BCUT2D eigenvalue weighted by atomic mass is 10.1. The lowest BCUT2D eigenvalue weighted by Gasteiger charge is -2.08. The summed E-state index contributed by atoms with van der Waals surface area (Å²) >= 11 is 0. The van der Waals surface area contributed by atoms with Crippen LogP contribution in [-0.4, -0.2) is 65.5 Å². The molecule has 3 heterocycles. The number of esters is 1. The monoisotopic (exact) mass is 574 g/mol. The number of methoxy groups -OCH3 is 1. The van der Waals surface area contributed by atoms with Gasteiger partial charge in [-0.2, -0.15) is 0 Å². The summed E-state index contributed by atoms with van der Waals surface area (Å²) in [5, 5.41) is 8.49. The van der Waals surface area contributed by atoms with Gasteiger partial charge in [0.25, 0.3) is 11.8 Å². The predicted molar refractivity (Wildman–Crippen MR) is 159 cm³/mol. The Morgan fingerprint density at radius 2 is 1.45 bits per heavy atom. The number of furan rings is 1. The number of aromatic nitrogens is 2. The van der Waals surface area contributed by atoms with Crippen LogP contribution in [0.3, 0.4) is 0 Å². The summed E-state index contributed by atoms with van der Waals surface area (Å²) in [7, 11) is 8.59. The third-order valence-corrected chi connectivity index (χ3v) is 6.42. The smallest absolute Gasteiger partial charge is 0.373 e. The Hall–Kier alpha value is -5.10. The number of nitrogens with zero attached hydrogens (tertiary/aromatic N) is 3. The van der Waals surface area contributed by atoms with E-state index >= 15 is 0 Å². The van der Waals surface area contributed by atoms with Crippen LogP contribution >= 0.6 is 0 Å². The summed E-state index contributed by atoms with van der Waals surface area (Å²) in [6, 6.07) is 13.3. The van der Waals surface area contributed by atoms with Gasteiger partial charge in [-0.25, -0.2) is 4.79 Å². The number of ether oxygens (including phenoxy) is 1. The Labute approximate surface area is 243 Å². The molecule has 0 aliphatic rings. The maximum absolute atomic E-state index is 13.1. The highest BCUT2D eigenvalue weighted by Crippen LogP contribution is 2.26. The van der Waals surface area contributed by atoms with Gasteiger partial charge in [-0.05, 0) is 63.5 Å². The number of anilines is 3. The Morgan fingerprint density at radius 3 is 2.07 bits per heavy atom. The molecule has 0 saturated carbocycles. The van der Waals surface area contributed by atoms with Gasteiger partial charge in [0.05, 0.1) is 18.5 Å². The normalized spacial score (nSPS) is 10.9. The second-order valence-electron chi connectivity index (χ2n) is 10.0. The molecule has 0 spiro atoms. The van der Waals surface area contributed by atoms with Crippen molar-refractivity contribution in [2.75, 3.05) is 43.7 Å². The average Bonchev–Trinajstić information content (AvgIpc) is 3.66. The summed E-state index contributed by atoms with van der Waals surface area (Å²) in [5.74, 6) is -0.949. The number of aryl methyl sites for hydroxylation is 2. The van der Waals surface area contributed by atoms with Crippen LogP contribution in [0.15, 0.2) is 65.3 Å². The molecule has 0 bridgehead atoms. The minimum Gasteiger partial charge on any atom is -0.463 e. The zero-order valence-corrected chi connectivity index (χ0v) is 24.2. The largest absolute Gasteiger partial charge is 0.463 e. The van der Waals surface area contributed by atoms with Crippen LogP contribution in [0.4, 0.5) is 17.1 Å². The minimum absolute atomic E-state index is 0.0762. The first kappa shape index (κ1) is 29.9. The number of hydrogen-bond acceptors (Lipinski definition) is 7. The molecule has 0 radical (unpaired) electrons. The highest BCUT2D eigenvalue weighted by Gasteiger charge is 2.18. The van der Waals surface area contributed by atoms with Gasteiger partial charge in [0.1, 0.15) is 17.1 Å². The fraction of sp³-hybridized carbons (Fsp3) is 0.267. The number of carbonyl (C=O) groups excluding carboxylic acids is 4. The third kappa shape index (κ3) is 7.34. The lowest BCUT2D eigenvalue weighted by Crippen LogP contribution is -2.17. The van der Waals surface area contributed by atoms with Crippen LogP contribution in [0.1, 0.15) is 44.4 Å². The van der Waals surface area contributed by atoms with Crippen molar-refractivity contribution in [1.29, 1.82) is 0 Å². The van der Waals surface area contributed by atoms with E-state index in [9.17, 15) is 19.2 Å². The van der Waals surface area contributed by atoms with Crippen molar-refractivity contribution in [1.82, 2.24) is 14.0 Å². The number of hydrogen-bond donors (Lipinski definition) is 3. The van der Waals surface area contributed by atoms with Crippen LogP contribution in [0.5, 0.6) is 0 Å². The lowest BCUT2D eigenvalue weighted by molar-refractivity contribution is -0.116. The maximum Gasteiger partial charge on any atom is 0.373 e. The molecule has 0 aliphatic carbocycles. The molecule has 12 nitrogen and oxygen atoms in total. The molecule has 4 aromatic rings. The van der Waals surface area contributed by atoms with Crippen molar-refractivity contribution in [3.05, 3.63) is 78.1 Å². The average molecular weight is 575 g/mol. The van der Waals surface area contributed by atoms with Crippen molar-refractivity contribution in [2.24, 2.45) is 14.1 Å². The molecule has 0 aliphatic heterocycles. The first-order chi connectivity index (χ1) is 20.0. The third-order valence-electron chi connectivity index (χ3n) is 6.42. The van der Waals surface area contributed by atoms with E-state index < -0.39 is 5.97 Å². The van der Waals surface area contributed by atoms with E-state index in [1.165, 1.54) is 13.2 Å². The highest BCUT2D eigenvalue weighted by atomic mass is 16.5. The fourth-order valence-corrected chi connectivity index (χ4v) is 4.34. The quantitative estimate of drug-likeness (QED) is 0.228. The molecule has 0 saturated heterocycles. The fourth-order valence-electron chi connectivity index (χ4n) is 4.34. The summed E-state index contributed by atoms with van der Waals surface area (Å²) in [6.45, 7) is 0.809. The number of amides is 3. The van der Waals surface area contributed by atoms with Gasteiger partial charge in [-0.15, -0.1) is 0 Å². The molecule has 3 N–H and O–H groups in total. The summed E-state index contributed by atoms with van der Waals surface area (Å²) in [5.41, 5.74) is 2.80. The van der Waals surface area contributed by atoms with Crippen LogP contribution in [-0.2, 0) is 23.6 Å². The maximum atomic E-state index is 13.1.